The van der Waals surface area contributed by atoms with E-state index in [0.29, 0.717) is 18.1 Å². The number of pyridine rings is 1. The average molecular weight is 344 g/mol. The first-order valence-corrected chi connectivity index (χ1v) is 8.33. The third kappa shape index (κ3) is 4.49. The maximum atomic E-state index is 12.3. The summed E-state index contributed by atoms with van der Waals surface area (Å²) in [6.07, 6.45) is 3.41. The van der Waals surface area contributed by atoms with Gasteiger partial charge in [0.25, 0.3) is 0 Å². The number of hydrogen-bond acceptors (Lipinski definition) is 4. The van der Waals surface area contributed by atoms with Crippen LogP contribution in [0.2, 0.25) is 0 Å². The molecule has 0 atom stereocenters. The Kier molecular flexibility index (Phi) is 5.06. The summed E-state index contributed by atoms with van der Waals surface area (Å²) in [6, 6.07) is 3.41. The smallest absolute Gasteiger partial charge is 0.319 e. The third-order valence-corrected chi connectivity index (χ3v) is 3.68. The van der Waals surface area contributed by atoms with Crippen LogP contribution in [-0.2, 0) is 17.5 Å². The first-order chi connectivity index (χ1) is 11.5. The summed E-state index contributed by atoms with van der Waals surface area (Å²) in [7, 11) is 0. The lowest BCUT2D eigenvalue weighted by molar-refractivity contribution is 0.251. The molecule has 0 saturated heterocycles. The molecule has 0 unspecified atom stereocenters. The minimum Gasteiger partial charge on any atom is -0.382 e. The summed E-state index contributed by atoms with van der Waals surface area (Å²) in [5.41, 5.74) is 8.00. The van der Waals surface area contributed by atoms with E-state index in [2.05, 4.69) is 20.7 Å². The second-order valence-corrected chi connectivity index (χ2v) is 8.11. The standard InChI is InChI=1S/C18H28N6O/c1-17(2,3)14-13(15(19)24(23-14)18(4,5)6)22-16(25)21-11-12-8-7-9-20-10-12/h7-10H,11,19H2,1-6H3,(H2,21,22,25). The number of nitrogens with zero attached hydrogens (tertiary/aromatic N) is 3. The van der Waals surface area contributed by atoms with Crippen LogP contribution in [0.5, 0.6) is 0 Å². The molecule has 7 heteroatoms. The molecule has 2 aromatic heterocycles. The summed E-state index contributed by atoms with van der Waals surface area (Å²) in [5.74, 6) is 0.453. The molecular formula is C18H28N6O. The van der Waals surface area contributed by atoms with Crippen molar-refractivity contribution in [1.82, 2.24) is 20.1 Å². The molecule has 2 heterocycles. The van der Waals surface area contributed by atoms with E-state index in [0.717, 1.165) is 11.3 Å². The molecule has 0 aliphatic rings. The quantitative estimate of drug-likeness (QED) is 0.796. The van der Waals surface area contributed by atoms with E-state index in [4.69, 9.17) is 5.73 Å². The topological polar surface area (TPSA) is 97.9 Å². The lowest BCUT2D eigenvalue weighted by Crippen LogP contribution is -2.29. The Morgan fingerprint density at radius 2 is 1.92 bits per heavy atom. The van der Waals surface area contributed by atoms with Gasteiger partial charge in [-0.3, -0.25) is 4.98 Å². The molecule has 0 aliphatic heterocycles. The third-order valence-electron chi connectivity index (χ3n) is 3.68. The maximum absolute atomic E-state index is 12.3. The molecule has 0 aliphatic carbocycles. The minimum atomic E-state index is -0.325. The largest absolute Gasteiger partial charge is 0.382 e. The Hall–Kier alpha value is -2.57. The molecular weight excluding hydrogens is 316 g/mol. The van der Waals surface area contributed by atoms with Gasteiger partial charge in [-0.15, -0.1) is 0 Å². The van der Waals surface area contributed by atoms with Crippen LogP contribution in [0.4, 0.5) is 16.3 Å². The molecule has 7 nitrogen and oxygen atoms in total. The second kappa shape index (κ2) is 6.74. The predicted octanol–water partition coefficient (Wildman–Crippen LogP) is 3.23. The van der Waals surface area contributed by atoms with Crippen LogP contribution < -0.4 is 16.4 Å². The van der Waals surface area contributed by atoms with Crippen LogP contribution in [0.15, 0.2) is 24.5 Å². The zero-order valence-electron chi connectivity index (χ0n) is 15.8. The van der Waals surface area contributed by atoms with E-state index in [1.807, 2.05) is 53.7 Å². The number of nitrogen functional groups attached to an aromatic ring is 1. The zero-order chi connectivity index (χ0) is 18.8. The van der Waals surface area contributed by atoms with Crippen molar-refractivity contribution in [3.8, 4) is 0 Å². The Labute approximate surface area is 149 Å². The van der Waals surface area contributed by atoms with Crippen molar-refractivity contribution in [2.24, 2.45) is 0 Å². The van der Waals surface area contributed by atoms with Gasteiger partial charge in [-0.1, -0.05) is 26.8 Å². The van der Waals surface area contributed by atoms with Gasteiger partial charge in [0.2, 0.25) is 0 Å². The highest BCUT2D eigenvalue weighted by molar-refractivity contribution is 5.93. The Morgan fingerprint density at radius 3 is 2.44 bits per heavy atom. The number of urea groups is 1. The van der Waals surface area contributed by atoms with E-state index in [1.165, 1.54) is 0 Å². The number of nitrogens with two attached hydrogens (primary N) is 1. The van der Waals surface area contributed by atoms with E-state index in [9.17, 15) is 4.79 Å². The monoisotopic (exact) mass is 344 g/mol. The summed E-state index contributed by atoms with van der Waals surface area (Å²) in [5, 5.41) is 10.4. The van der Waals surface area contributed by atoms with Gasteiger partial charge in [0.05, 0.1) is 11.2 Å². The van der Waals surface area contributed by atoms with E-state index < -0.39 is 0 Å². The molecule has 0 fully saturated rings. The molecule has 2 aromatic rings. The van der Waals surface area contributed by atoms with Gasteiger partial charge >= 0.3 is 6.03 Å². The number of rotatable bonds is 3. The van der Waals surface area contributed by atoms with Crippen molar-refractivity contribution in [1.29, 1.82) is 0 Å². The van der Waals surface area contributed by atoms with E-state index >= 15 is 0 Å². The van der Waals surface area contributed by atoms with Gasteiger partial charge in [0, 0.05) is 24.4 Å². The lowest BCUT2D eigenvalue weighted by atomic mass is 9.91. The molecule has 4 N–H and O–H groups in total. The number of carbonyl (C=O) groups is 1. The molecule has 25 heavy (non-hydrogen) atoms. The van der Waals surface area contributed by atoms with Crippen LogP contribution in [0.25, 0.3) is 0 Å². The highest BCUT2D eigenvalue weighted by atomic mass is 16.2. The van der Waals surface area contributed by atoms with Crippen molar-refractivity contribution in [3.05, 3.63) is 35.8 Å². The highest BCUT2D eigenvalue weighted by Crippen LogP contribution is 2.35. The number of hydrogen-bond donors (Lipinski definition) is 3. The van der Waals surface area contributed by atoms with Crippen LogP contribution in [0.1, 0.15) is 52.8 Å². The Morgan fingerprint density at radius 1 is 1.24 bits per heavy atom. The van der Waals surface area contributed by atoms with Gasteiger partial charge in [-0.25, -0.2) is 9.48 Å². The van der Waals surface area contributed by atoms with Crippen LogP contribution >= 0.6 is 0 Å². The maximum Gasteiger partial charge on any atom is 0.319 e. The zero-order valence-corrected chi connectivity index (χ0v) is 15.8. The van der Waals surface area contributed by atoms with Gasteiger partial charge in [-0.05, 0) is 32.4 Å². The fourth-order valence-electron chi connectivity index (χ4n) is 2.43. The molecule has 0 saturated carbocycles. The fraction of sp³-hybridized carbons (Fsp3) is 0.500. The molecule has 136 valence electrons. The number of anilines is 2. The van der Waals surface area contributed by atoms with Crippen LogP contribution in [0.3, 0.4) is 0 Å². The van der Waals surface area contributed by atoms with Crippen molar-refractivity contribution in [2.45, 2.75) is 59.0 Å². The molecule has 0 spiro atoms. The van der Waals surface area contributed by atoms with Crippen LogP contribution in [0, 0.1) is 0 Å². The SMILES string of the molecule is CC(C)(C)c1nn(C(C)(C)C)c(N)c1NC(=O)NCc1cccnc1. The average Bonchev–Trinajstić information content (AvgIpc) is 2.83. The van der Waals surface area contributed by atoms with Gasteiger partial charge in [-0.2, -0.15) is 5.10 Å². The first kappa shape index (κ1) is 18.8. The normalized spacial score (nSPS) is 12.1. The van der Waals surface area contributed by atoms with Gasteiger partial charge in [0.1, 0.15) is 11.5 Å². The molecule has 0 aromatic carbocycles. The molecule has 0 bridgehead atoms. The highest BCUT2D eigenvalue weighted by Gasteiger charge is 2.30. The molecule has 0 radical (unpaired) electrons. The van der Waals surface area contributed by atoms with Crippen molar-refractivity contribution < 1.29 is 4.79 Å². The van der Waals surface area contributed by atoms with Crippen molar-refractivity contribution >= 4 is 17.5 Å². The lowest BCUT2D eigenvalue weighted by Gasteiger charge is -2.21. The molecule has 2 amide bonds. The number of nitrogens with one attached hydrogen (secondary N) is 2. The summed E-state index contributed by atoms with van der Waals surface area (Å²) < 4.78 is 1.75. The van der Waals surface area contributed by atoms with E-state index in [1.54, 1.807) is 17.1 Å². The number of amides is 2. The summed E-state index contributed by atoms with van der Waals surface area (Å²) in [4.78, 5) is 16.4. The number of aromatic nitrogens is 3. The first-order valence-electron chi connectivity index (χ1n) is 8.33. The number of carbonyl (C=O) groups excluding carboxylic acids is 1. The van der Waals surface area contributed by atoms with E-state index in [-0.39, 0.29) is 17.0 Å². The second-order valence-electron chi connectivity index (χ2n) is 8.11. The molecule has 2 rings (SSSR count). The van der Waals surface area contributed by atoms with Crippen LogP contribution in [-0.4, -0.2) is 20.8 Å². The minimum absolute atomic E-state index is 0.253. The van der Waals surface area contributed by atoms with Crippen molar-refractivity contribution in [3.63, 3.8) is 0 Å². The van der Waals surface area contributed by atoms with Crippen molar-refractivity contribution in [2.75, 3.05) is 11.1 Å². The Bertz CT molecular complexity index is 737. The Balaban J connectivity index is 2.22. The fourth-order valence-corrected chi connectivity index (χ4v) is 2.43. The van der Waals surface area contributed by atoms with Gasteiger partial charge < -0.3 is 16.4 Å². The predicted molar refractivity (Wildman–Crippen MR) is 100 cm³/mol. The van der Waals surface area contributed by atoms with Gasteiger partial charge in [0.15, 0.2) is 0 Å². The summed E-state index contributed by atoms with van der Waals surface area (Å²) >= 11 is 0. The summed E-state index contributed by atoms with van der Waals surface area (Å²) in [6.45, 7) is 12.6.